The molecular weight excluding hydrogens is 160 g/mol. The fourth-order valence-corrected chi connectivity index (χ4v) is 1.14. The summed E-state index contributed by atoms with van der Waals surface area (Å²) in [5.41, 5.74) is 0. The van der Waals surface area contributed by atoms with Crippen molar-refractivity contribution in [1.29, 1.82) is 0 Å². The molecule has 4 nitrogen and oxygen atoms in total. The van der Waals surface area contributed by atoms with E-state index in [1.165, 1.54) is 0 Å². The van der Waals surface area contributed by atoms with E-state index in [9.17, 15) is 9.59 Å². The summed E-state index contributed by atoms with van der Waals surface area (Å²) in [6.45, 7) is 2.54. The van der Waals surface area contributed by atoms with Crippen molar-refractivity contribution in [3.63, 3.8) is 0 Å². The Balaban J connectivity index is 2.30. The molecule has 1 aliphatic heterocycles. The zero-order valence-electron chi connectivity index (χ0n) is 7.04. The van der Waals surface area contributed by atoms with Crippen LogP contribution in [0.25, 0.3) is 0 Å². The van der Waals surface area contributed by atoms with E-state index in [2.05, 4.69) is 0 Å². The Labute approximate surface area is 70.8 Å². The molecule has 1 heterocycles. The summed E-state index contributed by atoms with van der Waals surface area (Å²) in [6, 6.07) is 0. The first-order valence-corrected chi connectivity index (χ1v) is 4.06. The number of esters is 2. The molecule has 1 aliphatic rings. The molecule has 0 aromatic heterocycles. The maximum Gasteiger partial charge on any atom is 0.309 e. The smallest absolute Gasteiger partial charge is 0.309 e. The minimum Gasteiger partial charge on any atom is -0.466 e. The molecule has 0 aliphatic carbocycles. The van der Waals surface area contributed by atoms with Gasteiger partial charge in [0.15, 0.2) is 0 Å². The molecule has 0 unspecified atom stereocenters. The molecule has 0 radical (unpaired) electrons. The summed E-state index contributed by atoms with van der Waals surface area (Å²) in [6.07, 6.45) is 0.796. The molecule has 0 N–H and O–H groups in total. The lowest BCUT2D eigenvalue weighted by molar-refractivity contribution is -0.149. The third-order valence-corrected chi connectivity index (χ3v) is 1.76. The van der Waals surface area contributed by atoms with E-state index in [0.29, 0.717) is 19.6 Å². The molecule has 68 valence electrons. The van der Waals surface area contributed by atoms with Gasteiger partial charge < -0.3 is 9.47 Å². The van der Waals surface area contributed by atoms with Crippen LogP contribution < -0.4 is 0 Å². The van der Waals surface area contributed by atoms with Crippen molar-refractivity contribution in [2.24, 2.45) is 5.92 Å². The molecule has 0 amide bonds. The first-order chi connectivity index (χ1) is 5.74. The van der Waals surface area contributed by atoms with Gasteiger partial charge in [0.25, 0.3) is 0 Å². The Kier molecular flexibility index (Phi) is 3.08. The third-order valence-electron chi connectivity index (χ3n) is 1.76. The number of hydrogen-bond donors (Lipinski definition) is 0. The maximum absolute atomic E-state index is 10.9. The van der Waals surface area contributed by atoms with Crippen LogP contribution in [0.15, 0.2) is 0 Å². The van der Waals surface area contributed by atoms with E-state index in [1.54, 1.807) is 6.92 Å². The zero-order valence-corrected chi connectivity index (χ0v) is 7.04. The van der Waals surface area contributed by atoms with Gasteiger partial charge in [-0.1, -0.05) is 0 Å². The first-order valence-electron chi connectivity index (χ1n) is 4.06. The molecular formula is C8H12O4. The van der Waals surface area contributed by atoms with Gasteiger partial charge in [0.1, 0.15) is 0 Å². The molecule has 1 atom stereocenters. The van der Waals surface area contributed by atoms with Gasteiger partial charge in [0.2, 0.25) is 0 Å². The van der Waals surface area contributed by atoms with Gasteiger partial charge in [-0.2, -0.15) is 0 Å². The quantitative estimate of drug-likeness (QED) is 0.582. The van der Waals surface area contributed by atoms with Crippen LogP contribution >= 0.6 is 0 Å². The minimum absolute atomic E-state index is 0.159. The van der Waals surface area contributed by atoms with Crippen LogP contribution in [0.2, 0.25) is 0 Å². The molecule has 0 spiro atoms. The lowest BCUT2D eigenvalue weighted by Crippen LogP contribution is -2.15. The summed E-state index contributed by atoms with van der Waals surface area (Å²) in [5, 5.41) is 0. The first kappa shape index (κ1) is 9.03. The summed E-state index contributed by atoms with van der Waals surface area (Å²) in [7, 11) is 0. The number of rotatable bonds is 3. The molecule has 0 bridgehead atoms. The number of cyclic esters (lactones) is 1. The number of ether oxygens (including phenoxy) is 2. The van der Waals surface area contributed by atoms with Gasteiger partial charge in [-0.25, -0.2) is 0 Å². The van der Waals surface area contributed by atoms with Crippen molar-refractivity contribution in [3.05, 3.63) is 0 Å². The van der Waals surface area contributed by atoms with Crippen LogP contribution in [0, 0.1) is 5.92 Å². The van der Waals surface area contributed by atoms with Crippen LogP contribution in [0.4, 0.5) is 0 Å². The van der Waals surface area contributed by atoms with Gasteiger partial charge in [0.05, 0.1) is 25.6 Å². The van der Waals surface area contributed by atoms with Crippen LogP contribution in [-0.4, -0.2) is 25.2 Å². The van der Waals surface area contributed by atoms with Gasteiger partial charge in [-0.05, 0) is 13.3 Å². The van der Waals surface area contributed by atoms with E-state index in [0.717, 1.165) is 0 Å². The van der Waals surface area contributed by atoms with E-state index < -0.39 is 0 Å². The highest BCUT2D eigenvalue weighted by molar-refractivity contribution is 5.80. The fourth-order valence-electron chi connectivity index (χ4n) is 1.14. The van der Waals surface area contributed by atoms with Crippen LogP contribution in [-0.2, 0) is 19.1 Å². The zero-order chi connectivity index (χ0) is 8.97. The predicted molar refractivity (Wildman–Crippen MR) is 40.3 cm³/mol. The topological polar surface area (TPSA) is 52.6 Å². The Hall–Kier alpha value is -1.06. The number of carbonyl (C=O) groups is 2. The predicted octanol–water partition coefficient (Wildman–Crippen LogP) is 0.503. The highest BCUT2D eigenvalue weighted by Gasteiger charge is 2.28. The average molecular weight is 172 g/mol. The van der Waals surface area contributed by atoms with Crippen molar-refractivity contribution < 1.29 is 19.1 Å². The van der Waals surface area contributed by atoms with Gasteiger partial charge in [0, 0.05) is 0 Å². The second-order valence-electron chi connectivity index (χ2n) is 2.66. The van der Waals surface area contributed by atoms with Crippen molar-refractivity contribution in [2.75, 3.05) is 13.2 Å². The largest absolute Gasteiger partial charge is 0.466 e. The molecule has 0 aromatic carbocycles. The van der Waals surface area contributed by atoms with E-state index in [4.69, 9.17) is 9.47 Å². The molecule has 1 saturated heterocycles. The number of hydrogen-bond acceptors (Lipinski definition) is 4. The second kappa shape index (κ2) is 4.09. The standard InChI is InChI=1S/C8H12O4/c1-2-11-7(9)5-6-3-4-12-8(6)10/h6H,2-5H2,1H3/t6-/m0/s1. The summed E-state index contributed by atoms with van der Waals surface area (Å²) < 4.78 is 9.40. The van der Waals surface area contributed by atoms with Gasteiger partial charge in [-0.15, -0.1) is 0 Å². The third kappa shape index (κ3) is 2.22. The molecule has 0 aromatic rings. The van der Waals surface area contributed by atoms with E-state index in [1.807, 2.05) is 0 Å². The SMILES string of the molecule is CCOC(=O)C[C@@H]1CCOC1=O. The summed E-state index contributed by atoms with van der Waals surface area (Å²) in [4.78, 5) is 21.8. The molecule has 1 fully saturated rings. The Morgan fingerprint density at radius 3 is 3.00 bits per heavy atom. The Bertz CT molecular complexity index is 187. The van der Waals surface area contributed by atoms with Gasteiger partial charge in [-0.3, -0.25) is 9.59 Å². The normalized spacial score (nSPS) is 22.1. The summed E-state index contributed by atoms with van der Waals surface area (Å²) >= 11 is 0. The second-order valence-corrected chi connectivity index (χ2v) is 2.66. The maximum atomic E-state index is 10.9. The molecule has 1 rings (SSSR count). The van der Waals surface area contributed by atoms with Crippen LogP contribution in [0.5, 0.6) is 0 Å². The van der Waals surface area contributed by atoms with Crippen molar-refractivity contribution in [1.82, 2.24) is 0 Å². The highest BCUT2D eigenvalue weighted by atomic mass is 16.5. The molecule has 0 saturated carbocycles. The van der Waals surface area contributed by atoms with Crippen molar-refractivity contribution in [3.8, 4) is 0 Å². The van der Waals surface area contributed by atoms with Crippen LogP contribution in [0.3, 0.4) is 0 Å². The van der Waals surface area contributed by atoms with Crippen molar-refractivity contribution >= 4 is 11.9 Å². The fraction of sp³-hybridized carbons (Fsp3) is 0.750. The average Bonchev–Trinajstić information content (AvgIpc) is 2.37. The summed E-state index contributed by atoms with van der Waals surface area (Å²) in [5.74, 6) is -0.867. The van der Waals surface area contributed by atoms with Gasteiger partial charge >= 0.3 is 11.9 Å². The minimum atomic E-state index is -0.318. The Morgan fingerprint density at radius 1 is 1.75 bits per heavy atom. The van der Waals surface area contributed by atoms with Crippen LogP contribution in [0.1, 0.15) is 19.8 Å². The van der Waals surface area contributed by atoms with E-state index in [-0.39, 0.29) is 24.3 Å². The lowest BCUT2D eigenvalue weighted by atomic mass is 10.1. The highest BCUT2D eigenvalue weighted by Crippen LogP contribution is 2.18. The van der Waals surface area contributed by atoms with E-state index >= 15 is 0 Å². The monoisotopic (exact) mass is 172 g/mol. The lowest BCUT2D eigenvalue weighted by Gasteiger charge is -2.03. The Morgan fingerprint density at radius 2 is 2.50 bits per heavy atom. The van der Waals surface area contributed by atoms with Crippen molar-refractivity contribution in [2.45, 2.75) is 19.8 Å². The molecule has 12 heavy (non-hydrogen) atoms. The number of carbonyl (C=O) groups excluding carboxylic acids is 2. The molecule has 4 heteroatoms.